The fraction of sp³-hybridized carbons (Fsp3) is 0.167. The number of ether oxygens (including phenoxy) is 1. The second-order valence-electron chi connectivity index (χ2n) is 3.15. The zero-order chi connectivity index (χ0) is 12.0. The number of rotatable bonds is 0. The van der Waals surface area contributed by atoms with E-state index in [0.717, 1.165) is 0 Å². The average molecular weight is 219 g/mol. The van der Waals surface area contributed by atoms with Gasteiger partial charge in [0.05, 0.1) is 0 Å². The molecule has 84 valence electrons. The van der Waals surface area contributed by atoms with E-state index in [1.165, 1.54) is 24.8 Å². The molecule has 0 aliphatic carbocycles. The Morgan fingerprint density at radius 3 is 2.19 bits per heavy atom. The molecule has 0 atom stereocenters. The van der Waals surface area contributed by atoms with Gasteiger partial charge >= 0.3 is 11.9 Å². The van der Waals surface area contributed by atoms with Gasteiger partial charge in [-0.3, -0.25) is 9.59 Å². The molecule has 16 heavy (non-hydrogen) atoms. The number of benzene rings is 1. The minimum atomic E-state index is -0.562. The van der Waals surface area contributed by atoms with Crippen LogP contribution in [0.3, 0.4) is 0 Å². The number of aromatic amines is 1. The third-order valence-corrected chi connectivity index (χ3v) is 1.75. The van der Waals surface area contributed by atoms with E-state index < -0.39 is 11.9 Å². The highest BCUT2D eigenvalue weighted by Gasteiger charge is 1.93. The molecule has 4 heteroatoms. The van der Waals surface area contributed by atoms with Crippen molar-refractivity contribution in [3.8, 4) is 0 Å². The van der Waals surface area contributed by atoms with Crippen molar-refractivity contribution in [2.24, 2.45) is 0 Å². The van der Waals surface area contributed by atoms with Crippen LogP contribution in [-0.4, -0.2) is 16.9 Å². The smallest absolute Gasteiger partial charge is 0.310 e. The number of aromatic nitrogens is 1. The van der Waals surface area contributed by atoms with Crippen LogP contribution in [0, 0.1) is 0 Å². The number of nitrogens with one attached hydrogen (secondary N) is 1. The maximum absolute atomic E-state index is 9.81. The summed E-state index contributed by atoms with van der Waals surface area (Å²) in [7, 11) is 0. The van der Waals surface area contributed by atoms with E-state index in [1.54, 1.807) is 0 Å². The third-order valence-electron chi connectivity index (χ3n) is 1.75. The summed E-state index contributed by atoms with van der Waals surface area (Å²) in [4.78, 5) is 22.7. The normalized spacial score (nSPS) is 9.12. The Bertz CT molecular complexity index is 445. The predicted molar refractivity (Wildman–Crippen MR) is 60.7 cm³/mol. The molecule has 1 heterocycles. The number of hydrogen-bond donors (Lipinski definition) is 1. The van der Waals surface area contributed by atoms with Crippen LogP contribution in [0.4, 0.5) is 0 Å². The van der Waals surface area contributed by atoms with E-state index in [0.29, 0.717) is 0 Å². The van der Waals surface area contributed by atoms with Crippen LogP contribution in [0.2, 0.25) is 0 Å². The minimum Gasteiger partial charge on any atom is -0.394 e. The Balaban J connectivity index is 0.000000168. The molecule has 2 aromatic rings. The van der Waals surface area contributed by atoms with Crippen molar-refractivity contribution < 1.29 is 14.3 Å². The van der Waals surface area contributed by atoms with Crippen molar-refractivity contribution in [2.45, 2.75) is 13.8 Å². The predicted octanol–water partition coefficient (Wildman–Crippen LogP) is 2.26. The summed E-state index contributed by atoms with van der Waals surface area (Å²) in [5.41, 5.74) is 1.21. The van der Waals surface area contributed by atoms with Gasteiger partial charge in [0, 0.05) is 25.6 Å². The van der Waals surface area contributed by atoms with E-state index >= 15 is 0 Å². The topological polar surface area (TPSA) is 59.2 Å². The molecule has 0 unspecified atom stereocenters. The summed E-state index contributed by atoms with van der Waals surface area (Å²) in [6, 6.07) is 10.3. The van der Waals surface area contributed by atoms with Crippen LogP contribution in [-0.2, 0) is 14.3 Å². The van der Waals surface area contributed by atoms with Crippen molar-refractivity contribution in [3.63, 3.8) is 0 Å². The van der Waals surface area contributed by atoms with Gasteiger partial charge in [-0.2, -0.15) is 0 Å². The highest BCUT2D eigenvalue weighted by Crippen LogP contribution is 2.09. The quantitative estimate of drug-likeness (QED) is 0.546. The molecular formula is C12H13NO3. The monoisotopic (exact) mass is 219 g/mol. The molecule has 1 aromatic carbocycles. The Kier molecular flexibility index (Phi) is 4.27. The molecule has 0 amide bonds. The van der Waals surface area contributed by atoms with Gasteiger partial charge in [-0.1, -0.05) is 18.2 Å². The molecular weight excluding hydrogens is 206 g/mol. The van der Waals surface area contributed by atoms with Crippen LogP contribution in [0.15, 0.2) is 36.5 Å². The summed E-state index contributed by atoms with van der Waals surface area (Å²) in [5, 5.41) is 1.28. The lowest BCUT2D eigenvalue weighted by atomic mass is 10.3. The third kappa shape index (κ3) is 3.96. The zero-order valence-electron chi connectivity index (χ0n) is 9.19. The van der Waals surface area contributed by atoms with E-state index in [1.807, 2.05) is 18.3 Å². The lowest BCUT2D eigenvalue weighted by Gasteiger charge is -1.87. The molecule has 0 saturated heterocycles. The first-order valence-corrected chi connectivity index (χ1v) is 4.80. The molecule has 4 nitrogen and oxygen atoms in total. The number of carbonyl (C=O) groups is 2. The lowest BCUT2D eigenvalue weighted by Crippen LogP contribution is -2.03. The molecule has 0 aliphatic heterocycles. The summed E-state index contributed by atoms with van der Waals surface area (Å²) in [6.07, 6.45) is 1.95. The SMILES string of the molecule is CC(=O)OC(C)=O.c1ccc2[nH]ccc2c1. The number of H-pyrrole nitrogens is 1. The number of hydrogen-bond acceptors (Lipinski definition) is 3. The first-order chi connectivity index (χ1) is 7.59. The van der Waals surface area contributed by atoms with Gasteiger partial charge in [0.1, 0.15) is 0 Å². The Morgan fingerprint density at radius 2 is 1.69 bits per heavy atom. The number of carbonyl (C=O) groups excluding carboxylic acids is 2. The number of fused-ring (bicyclic) bond motifs is 1. The second-order valence-corrected chi connectivity index (χ2v) is 3.15. The van der Waals surface area contributed by atoms with Gasteiger partial charge in [0.15, 0.2) is 0 Å². The lowest BCUT2D eigenvalue weighted by molar-refractivity contribution is -0.156. The highest BCUT2D eigenvalue weighted by molar-refractivity contribution is 5.82. The van der Waals surface area contributed by atoms with Crippen LogP contribution >= 0.6 is 0 Å². The van der Waals surface area contributed by atoms with Crippen LogP contribution in [0.1, 0.15) is 13.8 Å². The van der Waals surface area contributed by atoms with Gasteiger partial charge in [0.2, 0.25) is 0 Å². The summed E-state index contributed by atoms with van der Waals surface area (Å²) >= 11 is 0. The summed E-state index contributed by atoms with van der Waals surface area (Å²) in [5.74, 6) is -1.12. The molecule has 1 aromatic heterocycles. The molecule has 1 N–H and O–H groups in total. The van der Waals surface area contributed by atoms with Crippen molar-refractivity contribution >= 4 is 22.8 Å². The van der Waals surface area contributed by atoms with Gasteiger partial charge in [-0.05, 0) is 17.5 Å². The van der Waals surface area contributed by atoms with Crippen molar-refractivity contribution in [1.29, 1.82) is 0 Å². The first kappa shape index (κ1) is 12.0. The maximum Gasteiger partial charge on any atom is 0.310 e. The second kappa shape index (κ2) is 5.70. The Hall–Kier alpha value is -2.10. The fourth-order valence-corrected chi connectivity index (χ4v) is 1.20. The van der Waals surface area contributed by atoms with E-state index in [2.05, 4.69) is 27.9 Å². The molecule has 0 fully saturated rings. The number of para-hydroxylation sites is 1. The average Bonchev–Trinajstić information content (AvgIpc) is 2.63. The van der Waals surface area contributed by atoms with Gasteiger partial charge in [0.25, 0.3) is 0 Å². The molecule has 0 radical (unpaired) electrons. The van der Waals surface area contributed by atoms with Crippen LogP contribution in [0.25, 0.3) is 10.9 Å². The summed E-state index contributed by atoms with van der Waals surface area (Å²) in [6.45, 7) is 2.36. The standard InChI is InChI=1S/C8H7N.C4H6O3/c1-2-4-8-7(3-1)5-6-9-8;1-3(5)7-4(2)6/h1-6,9H;1-2H3. The van der Waals surface area contributed by atoms with Gasteiger partial charge in [-0.25, -0.2) is 0 Å². The van der Waals surface area contributed by atoms with E-state index in [9.17, 15) is 9.59 Å². The number of esters is 2. The van der Waals surface area contributed by atoms with Crippen LogP contribution < -0.4 is 0 Å². The van der Waals surface area contributed by atoms with Crippen molar-refractivity contribution in [1.82, 2.24) is 4.98 Å². The maximum atomic E-state index is 9.81. The Labute approximate surface area is 93.2 Å². The van der Waals surface area contributed by atoms with Gasteiger partial charge in [-0.15, -0.1) is 0 Å². The highest BCUT2D eigenvalue weighted by atomic mass is 16.6. The largest absolute Gasteiger partial charge is 0.394 e. The first-order valence-electron chi connectivity index (χ1n) is 4.80. The van der Waals surface area contributed by atoms with E-state index in [-0.39, 0.29) is 0 Å². The van der Waals surface area contributed by atoms with E-state index in [4.69, 9.17) is 0 Å². The molecule has 0 bridgehead atoms. The Morgan fingerprint density at radius 1 is 1.06 bits per heavy atom. The molecule has 0 aliphatic rings. The van der Waals surface area contributed by atoms with Crippen molar-refractivity contribution in [3.05, 3.63) is 36.5 Å². The fourth-order valence-electron chi connectivity index (χ4n) is 1.20. The zero-order valence-corrected chi connectivity index (χ0v) is 9.19. The molecule has 0 saturated carbocycles. The van der Waals surface area contributed by atoms with Crippen molar-refractivity contribution in [2.75, 3.05) is 0 Å². The minimum absolute atomic E-state index is 0.562. The van der Waals surface area contributed by atoms with Gasteiger partial charge < -0.3 is 9.72 Å². The molecule has 2 rings (SSSR count). The molecule has 0 spiro atoms. The summed E-state index contributed by atoms with van der Waals surface area (Å²) < 4.78 is 3.97. The van der Waals surface area contributed by atoms with Crippen LogP contribution in [0.5, 0.6) is 0 Å².